The number of hydrogen-bond donors (Lipinski definition) is 0. The molecule has 1 atom stereocenters. The standard InChI is InChI=1S/C12H15F5O4/c1-3-4-8(12(16,17)9(13)10(14)15)11(18)21-7-20-6-5-19-2/h3,8H,1,4-7H2,2H3. The topological polar surface area (TPSA) is 44.8 Å². The van der Waals surface area contributed by atoms with Gasteiger partial charge in [-0.3, -0.25) is 4.79 Å². The molecule has 4 nitrogen and oxygen atoms in total. The molecule has 0 fully saturated rings. The van der Waals surface area contributed by atoms with Crippen molar-refractivity contribution in [3.8, 4) is 0 Å². The van der Waals surface area contributed by atoms with Crippen LogP contribution in [-0.2, 0) is 19.0 Å². The first-order valence-corrected chi connectivity index (χ1v) is 5.72. The van der Waals surface area contributed by atoms with Crippen LogP contribution in [-0.4, -0.2) is 39.0 Å². The first kappa shape index (κ1) is 19.5. The van der Waals surface area contributed by atoms with Crippen molar-refractivity contribution < 1.29 is 41.0 Å². The largest absolute Gasteiger partial charge is 0.438 e. The highest BCUT2D eigenvalue weighted by Crippen LogP contribution is 2.38. The van der Waals surface area contributed by atoms with Crippen LogP contribution >= 0.6 is 0 Å². The van der Waals surface area contributed by atoms with Crippen molar-refractivity contribution in [2.24, 2.45) is 5.92 Å². The number of rotatable bonds is 10. The molecule has 122 valence electrons. The van der Waals surface area contributed by atoms with Crippen LogP contribution in [0.1, 0.15) is 6.42 Å². The van der Waals surface area contributed by atoms with Crippen LogP contribution in [0.25, 0.3) is 0 Å². The van der Waals surface area contributed by atoms with E-state index in [1.54, 1.807) is 0 Å². The van der Waals surface area contributed by atoms with E-state index in [4.69, 9.17) is 4.74 Å². The SMILES string of the molecule is C=CCC(C(=O)OCOCCOC)C(F)(F)C(F)=C(F)F. The number of esters is 1. The molecule has 0 aromatic rings. The van der Waals surface area contributed by atoms with E-state index in [9.17, 15) is 26.7 Å². The van der Waals surface area contributed by atoms with Gasteiger partial charge in [-0.2, -0.15) is 22.0 Å². The fourth-order valence-electron chi connectivity index (χ4n) is 1.24. The van der Waals surface area contributed by atoms with Crippen molar-refractivity contribution in [2.75, 3.05) is 27.1 Å². The first-order chi connectivity index (χ1) is 9.78. The highest BCUT2D eigenvalue weighted by molar-refractivity contribution is 5.74. The second kappa shape index (κ2) is 9.46. The summed E-state index contributed by atoms with van der Waals surface area (Å²) in [6.07, 6.45) is -3.07. The summed E-state index contributed by atoms with van der Waals surface area (Å²) >= 11 is 0. The zero-order valence-corrected chi connectivity index (χ0v) is 11.2. The number of alkyl halides is 2. The Balaban J connectivity index is 4.77. The summed E-state index contributed by atoms with van der Waals surface area (Å²) in [5.74, 6) is -11.7. The molecule has 9 heteroatoms. The zero-order chi connectivity index (χ0) is 16.5. The molecular weight excluding hydrogens is 303 g/mol. The summed E-state index contributed by atoms with van der Waals surface area (Å²) in [4.78, 5) is 11.4. The minimum absolute atomic E-state index is 0.0275. The molecule has 0 saturated carbocycles. The maximum absolute atomic E-state index is 13.5. The molecule has 0 aliphatic heterocycles. The summed E-state index contributed by atoms with van der Waals surface area (Å²) in [7, 11) is 1.39. The molecule has 0 aliphatic rings. The van der Waals surface area contributed by atoms with E-state index in [0.717, 1.165) is 6.08 Å². The van der Waals surface area contributed by atoms with Crippen LogP contribution in [0.4, 0.5) is 22.0 Å². The molecule has 0 bridgehead atoms. The molecule has 0 saturated heterocycles. The Morgan fingerprint density at radius 2 is 1.90 bits per heavy atom. The second-order valence-corrected chi connectivity index (χ2v) is 3.76. The molecule has 0 amide bonds. The lowest BCUT2D eigenvalue weighted by Gasteiger charge is -2.22. The van der Waals surface area contributed by atoms with Gasteiger partial charge in [0.2, 0.25) is 5.83 Å². The number of ether oxygens (including phenoxy) is 3. The maximum Gasteiger partial charge on any atom is 0.317 e. The predicted octanol–water partition coefficient (Wildman–Crippen LogP) is 3.06. The van der Waals surface area contributed by atoms with Crippen LogP contribution in [0.15, 0.2) is 24.6 Å². The van der Waals surface area contributed by atoms with Crippen molar-refractivity contribution in [1.29, 1.82) is 0 Å². The van der Waals surface area contributed by atoms with E-state index in [1.165, 1.54) is 7.11 Å². The highest BCUT2D eigenvalue weighted by Gasteiger charge is 2.51. The molecule has 0 aliphatic carbocycles. The minimum atomic E-state index is -4.70. The number of methoxy groups -OCH3 is 1. The van der Waals surface area contributed by atoms with E-state index < -0.39 is 42.9 Å². The minimum Gasteiger partial charge on any atom is -0.438 e. The van der Waals surface area contributed by atoms with Crippen LogP contribution in [0.5, 0.6) is 0 Å². The third kappa shape index (κ3) is 6.21. The Labute approximate surface area is 118 Å². The van der Waals surface area contributed by atoms with Crippen LogP contribution < -0.4 is 0 Å². The van der Waals surface area contributed by atoms with Gasteiger partial charge in [-0.15, -0.1) is 6.58 Å². The Hall–Kier alpha value is -1.48. The summed E-state index contributed by atoms with van der Waals surface area (Å²) in [6, 6.07) is 0. The predicted molar refractivity (Wildman–Crippen MR) is 62.4 cm³/mol. The quantitative estimate of drug-likeness (QED) is 0.204. The summed E-state index contributed by atoms with van der Waals surface area (Å²) in [5.41, 5.74) is 0. The van der Waals surface area contributed by atoms with Crippen LogP contribution in [0, 0.1) is 5.92 Å². The lowest BCUT2D eigenvalue weighted by molar-refractivity contribution is -0.174. The van der Waals surface area contributed by atoms with Gasteiger partial charge < -0.3 is 14.2 Å². The number of carbonyl (C=O) groups is 1. The van der Waals surface area contributed by atoms with Gasteiger partial charge in [0.25, 0.3) is 0 Å². The maximum atomic E-state index is 13.5. The van der Waals surface area contributed by atoms with Crippen molar-refractivity contribution in [3.05, 3.63) is 24.6 Å². The molecule has 1 unspecified atom stereocenters. The molecule has 0 heterocycles. The molecule has 0 N–H and O–H groups in total. The fourth-order valence-corrected chi connectivity index (χ4v) is 1.24. The summed E-state index contributed by atoms with van der Waals surface area (Å²) in [5, 5.41) is 0. The molecule has 0 radical (unpaired) electrons. The molecule has 0 rings (SSSR count). The van der Waals surface area contributed by atoms with E-state index in [2.05, 4.69) is 16.1 Å². The molecule has 0 spiro atoms. The third-order valence-electron chi connectivity index (χ3n) is 2.30. The molecule has 0 aromatic carbocycles. The first-order valence-electron chi connectivity index (χ1n) is 5.72. The second-order valence-electron chi connectivity index (χ2n) is 3.76. The Bertz CT molecular complexity index is 380. The van der Waals surface area contributed by atoms with Gasteiger partial charge in [0, 0.05) is 7.11 Å². The Kier molecular flexibility index (Phi) is 8.79. The molecular formula is C12H15F5O4. The van der Waals surface area contributed by atoms with Gasteiger partial charge in [-0.1, -0.05) is 6.08 Å². The van der Waals surface area contributed by atoms with Gasteiger partial charge in [0.1, 0.15) is 5.92 Å². The smallest absolute Gasteiger partial charge is 0.317 e. The summed E-state index contributed by atoms with van der Waals surface area (Å²) < 4.78 is 77.4. The lowest BCUT2D eigenvalue weighted by atomic mass is 9.96. The van der Waals surface area contributed by atoms with E-state index in [1.807, 2.05) is 0 Å². The van der Waals surface area contributed by atoms with Crippen LogP contribution in [0.2, 0.25) is 0 Å². The van der Waals surface area contributed by atoms with Gasteiger partial charge in [0.05, 0.1) is 13.2 Å². The monoisotopic (exact) mass is 318 g/mol. The van der Waals surface area contributed by atoms with E-state index in [-0.39, 0.29) is 13.2 Å². The molecule has 21 heavy (non-hydrogen) atoms. The van der Waals surface area contributed by atoms with Crippen molar-refractivity contribution in [3.63, 3.8) is 0 Å². The number of halogens is 5. The third-order valence-corrected chi connectivity index (χ3v) is 2.30. The fraction of sp³-hybridized carbons (Fsp3) is 0.583. The Morgan fingerprint density at radius 3 is 2.38 bits per heavy atom. The van der Waals surface area contributed by atoms with Crippen molar-refractivity contribution in [1.82, 2.24) is 0 Å². The van der Waals surface area contributed by atoms with Gasteiger partial charge in [0.15, 0.2) is 6.79 Å². The average molecular weight is 318 g/mol. The normalized spacial score (nSPS) is 12.7. The van der Waals surface area contributed by atoms with Gasteiger partial charge >= 0.3 is 18.0 Å². The number of hydrogen-bond acceptors (Lipinski definition) is 4. The zero-order valence-electron chi connectivity index (χ0n) is 11.2. The number of carbonyl (C=O) groups excluding carboxylic acids is 1. The van der Waals surface area contributed by atoms with E-state index in [0.29, 0.717) is 0 Å². The Morgan fingerprint density at radius 1 is 1.29 bits per heavy atom. The van der Waals surface area contributed by atoms with Crippen molar-refractivity contribution in [2.45, 2.75) is 12.3 Å². The van der Waals surface area contributed by atoms with E-state index >= 15 is 0 Å². The summed E-state index contributed by atoms with van der Waals surface area (Å²) in [6.45, 7) is 2.62. The number of allylic oxidation sites excluding steroid dienone is 2. The van der Waals surface area contributed by atoms with Gasteiger partial charge in [-0.25, -0.2) is 0 Å². The van der Waals surface area contributed by atoms with Crippen molar-refractivity contribution >= 4 is 5.97 Å². The van der Waals surface area contributed by atoms with Gasteiger partial charge in [-0.05, 0) is 6.42 Å². The molecule has 0 aromatic heterocycles. The lowest BCUT2D eigenvalue weighted by Crippen LogP contribution is -2.37. The van der Waals surface area contributed by atoms with Crippen LogP contribution in [0.3, 0.4) is 0 Å². The average Bonchev–Trinajstić information content (AvgIpc) is 2.42. The highest BCUT2D eigenvalue weighted by atomic mass is 19.3.